The molecule has 9 atom stereocenters. The second kappa shape index (κ2) is 8.51. The van der Waals surface area contributed by atoms with Crippen molar-refractivity contribution in [2.75, 3.05) is 5.88 Å². The molecule has 1 N–H and O–H groups in total. The highest BCUT2D eigenvalue weighted by Crippen LogP contribution is 2.69. The predicted octanol–water partition coefficient (Wildman–Crippen LogP) is 4.65. The van der Waals surface area contributed by atoms with Crippen LogP contribution in [0.1, 0.15) is 59.8 Å². The molecule has 0 heterocycles. The van der Waals surface area contributed by atoms with Gasteiger partial charge >= 0.3 is 5.97 Å². The van der Waals surface area contributed by atoms with Gasteiger partial charge < -0.3 is 9.84 Å². The van der Waals surface area contributed by atoms with Crippen molar-refractivity contribution in [3.8, 4) is 0 Å². The van der Waals surface area contributed by atoms with Gasteiger partial charge in [0.05, 0.1) is 12.0 Å². The molecular weight excluding hydrogens is 466 g/mol. The van der Waals surface area contributed by atoms with Crippen LogP contribution >= 0.6 is 11.6 Å². The lowest BCUT2D eigenvalue weighted by molar-refractivity contribution is -0.204. The largest absolute Gasteiger partial charge is 0.450 e. The molecule has 3 fully saturated rings. The Labute approximate surface area is 203 Å². The number of ether oxygens (including phenoxy) is 1. The van der Waals surface area contributed by atoms with E-state index in [1.54, 1.807) is 6.92 Å². The topological polar surface area (TPSA) is 80.7 Å². The van der Waals surface area contributed by atoms with Crippen LogP contribution in [-0.4, -0.2) is 46.4 Å². The van der Waals surface area contributed by atoms with E-state index in [-0.39, 0.29) is 42.6 Å². The summed E-state index contributed by atoms with van der Waals surface area (Å²) >= 11 is 6.03. The Morgan fingerprint density at radius 2 is 1.97 bits per heavy atom. The van der Waals surface area contributed by atoms with Crippen LogP contribution in [-0.2, 0) is 19.1 Å². The summed E-state index contributed by atoms with van der Waals surface area (Å²) in [5.41, 5.74) is -3.84. The first-order valence-corrected chi connectivity index (χ1v) is 12.7. The minimum atomic E-state index is -1.69. The Morgan fingerprint density at radius 1 is 1.29 bits per heavy atom. The molecule has 188 valence electrons. The molecule has 8 heteroatoms. The highest BCUT2D eigenvalue weighted by molar-refractivity contribution is 6.29. The fourth-order valence-electron chi connectivity index (χ4n) is 8.15. The summed E-state index contributed by atoms with van der Waals surface area (Å²) in [6.45, 7) is 7.20. The first kappa shape index (κ1) is 25.5. The molecule has 0 aliphatic heterocycles. The molecule has 0 aromatic heterocycles. The maximum atomic E-state index is 15.6. The fourth-order valence-corrected chi connectivity index (χ4v) is 8.35. The SMILES string of the molecule is CCCC(=O)O[C@@]1(C(=O)CCl)[C@@H](C)C[C@H]2[C@@H]3C[C@H](F)C4=C(F)C(=O)C=C[C@]4(C)[C@H]3[C@@H](O)C[C@@]21C. The normalized spacial score (nSPS) is 45.5. The van der Waals surface area contributed by atoms with Crippen LogP contribution in [0.3, 0.4) is 0 Å². The van der Waals surface area contributed by atoms with Gasteiger partial charge in [-0.15, -0.1) is 11.6 Å². The summed E-state index contributed by atoms with van der Waals surface area (Å²) in [4.78, 5) is 38.0. The molecule has 0 saturated heterocycles. The molecular formula is C26H33ClF2O5. The lowest BCUT2D eigenvalue weighted by Crippen LogP contribution is -2.64. The number of halogens is 3. The number of carbonyl (C=O) groups is 3. The van der Waals surface area contributed by atoms with Crippen molar-refractivity contribution in [1.82, 2.24) is 0 Å². The van der Waals surface area contributed by atoms with E-state index in [9.17, 15) is 23.9 Å². The number of hydrogen-bond donors (Lipinski definition) is 1. The number of aliphatic hydroxyl groups excluding tert-OH is 1. The number of esters is 1. The first-order chi connectivity index (χ1) is 15.9. The number of fused-ring (bicyclic) bond motifs is 5. The third-order valence-corrected chi connectivity index (χ3v) is 9.60. The Kier molecular flexibility index (Phi) is 6.38. The van der Waals surface area contributed by atoms with Crippen molar-refractivity contribution < 1.29 is 33.0 Å². The summed E-state index contributed by atoms with van der Waals surface area (Å²) in [7, 11) is 0. The van der Waals surface area contributed by atoms with Gasteiger partial charge in [0.2, 0.25) is 5.78 Å². The third-order valence-electron chi connectivity index (χ3n) is 9.36. The Balaban J connectivity index is 1.83. The van der Waals surface area contributed by atoms with Crippen molar-refractivity contribution in [2.45, 2.75) is 77.7 Å². The maximum absolute atomic E-state index is 15.6. The van der Waals surface area contributed by atoms with Crippen molar-refractivity contribution in [2.24, 2.45) is 34.5 Å². The van der Waals surface area contributed by atoms with E-state index in [1.807, 2.05) is 20.8 Å². The van der Waals surface area contributed by atoms with Crippen molar-refractivity contribution in [1.29, 1.82) is 0 Å². The first-order valence-electron chi connectivity index (χ1n) is 12.2. The quantitative estimate of drug-likeness (QED) is 0.441. The molecule has 0 amide bonds. The van der Waals surface area contributed by atoms with Gasteiger partial charge in [0.1, 0.15) is 6.17 Å². The summed E-state index contributed by atoms with van der Waals surface area (Å²) < 4.78 is 36.4. The van der Waals surface area contributed by atoms with Crippen LogP contribution in [0.25, 0.3) is 0 Å². The van der Waals surface area contributed by atoms with Crippen LogP contribution in [0.15, 0.2) is 23.6 Å². The average molecular weight is 499 g/mol. The molecule has 0 unspecified atom stereocenters. The molecule has 5 nitrogen and oxygen atoms in total. The van der Waals surface area contributed by atoms with Gasteiger partial charge in [0, 0.05) is 34.7 Å². The third kappa shape index (κ3) is 3.22. The summed E-state index contributed by atoms with van der Waals surface area (Å²) in [5.74, 6) is -4.76. The van der Waals surface area contributed by atoms with Crippen molar-refractivity contribution in [3.63, 3.8) is 0 Å². The zero-order valence-electron chi connectivity index (χ0n) is 20.1. The van der Waals surface area contributed by atoms with Crippen LogP contribution < -0.4 is 0 Å². The molecule has 0 spiro atoms. The van der Waals surface area contributed by atoms with E-state index in [2.05, 4.69) is 0 Å². The molecule has 4 aliphatic rings. The van der Waals surface area contributed by atoms with E-state index >= 15 is 4.39 Å². The number of hydrogen-bond acceptors (Lipinski definition) is 5. The van der Waals surface area contributed by atoms with Crippen LogP contribution in [0.2, 0.25) is 0 Å². The standard InChI is InChI=1S/C26H33ClF2O5/c1-5-6-20(33)34-26(19(32)12-27)13(2)9-15-14-10-16(28)22-23(29)17(30)7-8-24(22,3)21(14)18(31)11-25(15,26)4/h7-8,13-16,18,21,31H,5-6,9-12H2,1-4H3/t13-,14-,15-,16-,18-,21+,24+,25-,26+/m0/s1. The van der Waals surface area contributed by atoms with Gasteiger partial charge in [-0.05, 0) is 43.6 Å². The molecule has 34 heavy (non-hydrogen) atoms. The number of ketones is 2. The average Bonchev–Trinajstić information content (AvgIpc) is 2.97. The van der Waals surface area contributed by atoms with Gasteiger partial charge in [-0.2, -0.15) is 0 Å². The molecule has 0 aromatic carbocycles. The van der Waals surface area contributed by atoms with E-state index in [0.717, 1.165) is 6.08 Å². The van der Waals surface area contributed by atoms with E-state index < -0.39 is 63.9 Å². The predicted molar refractivity (Wildman–Crippen MR) is 122 cm³/mol. The summed E-state index contributed by atoms with van der Waals surface area (Å²) in [5, 5.41) is 11.5. The van der Waals surface area contributed by atoms with Gasteiger partial charge in [0.25, 0.3) is 0 Å². The van der Waals surface area contributed by atoms with E-state index in [4.69, 9.17) is 16.3 Å². The fraction of sp³-hybridized carbons (Fsp3) is 0.731. The number of allylic oxidation sites excluding steroid dienone is 4. The maximum Gasteiger partial charge on any atom is 0.306 e. The highest BCUT2D eigenvalue weighted by Gasteiger charge is 2.73. The second-order valence-electron chi connectivity index (χ2n) is 11.0. The van der Waals surface area contributed by atoms with Crippen LogP contribution in [0.4, 0.5) is 8.78 Å². The molecule has 3 saturated carbocycles. The minimum Gasteiger partial charge on any atom is -0.450 e. The number of carbonyl (C=O) groups excluding carboxylic acids is 3. The van der Waals surface area contributed by atoms with Crippen molar-refractivity contribution >= 4 is 29.1 Å². The number of alkyl halides is 2. The van der Waals surface area contributed by atoms with Crippen molar-refractivity contribution in [3.05, 3.63) is 23.6 Å². The Bertz CT molecular complexity index is 978. The Morgan fingerprint density at radius 3 is 2.59 bits per heavy atom. The van der Waals surface area contributed by atoms with E-state index in [0.29, 0.717) is 12.8 Å². The van der Waals surface area contributed by atoms with Gasteiger partial charge in [-0.1, -0.05) is 33.8 Å². The van der Waals surface area contributed by atoms with Crippen LogP contribution in [0, 0.1) is 34.5 Å². The Hall–Kier alpha value is -1.60. The lowest BCUT2D eigenvalue weighted by atomic mass is 9.45. The molecule has 0 aromatic rings. The van der Waals surface area contributed by atoms with Gasteiger partial charge in [-0.25, -0.2) is 8.78 Å². The van der Waals surface area contributed by atoms with Crippen LogP contribution in [0.5, 0.6) is 0 Å². The minimum absolute atomic E-state index is 0.0672. The summed E-state index contributed by atoms with van der Waals surface area (Å²) in [6.07, 6.45) is 1.18. The smallest absolute Gasteiger partial charge is 0.306 e. The molecule has 0 radical (unpaired) electrons. The number of rotatable bonds is 5. The summed E-state index contributed by atoms with van der Waals surface area (Å²) in [6, 6.07) is 0. The second-order valence-corrected chi connectivity index (χ2v) is 11.3. The highest BCUT2D eigenvalue weighted by atomic mass is 35.5. The molecule has 4 rings (SSSR count). The monoisotopic (exact) mass is 498 g/mol. The van der Waals surface area contributed by atoms with Gasteiger partial charge in [-0.3, -0.25) is 14.4 Å². The lowest BCUT2D eigenvalue weighted by Gasteiger charge is -2.60. The van der Waals surface area contributed by atoms with E-state index in [1.165, 1.54) is 6.08 Å². The zero-order chi connectivity index (χ0) is 25.2. The number of aliphatic hydroxyl groups is 1. The zero-order valence-corrected chi connectivity index (χ0v) is 20.8. The molecule has 0 bridgehead atoms. The van der Waals surface area contributed by atoms with Gasteiger partial charge in [0.15, 0.2) is 17.2 Å². The number of Topliss-reactive ketones (excluding diaryl/α,β-unsaturated/α-hetero) is 1. The molecule has 4 aliphatic carbocycles.